The van der Waals surface area contributed by atoms with E-state index in [2.05, 4.69) is 18.9 Å². The molecular formula is C22H28O3. The number of aromatic hydroxyl groups is 1. The maximum absolute atomic E-state index is 11.1. The minimum absolute atomic E-state index is 0.0674. The van der Waals surface area contributed by atoms with Crippen molar-refractivity contribution < 1.29 is 14.9 Å². The van der Waals surface area contributed by atoms with Crippen molar-refractivity contribution >= 4 is 0 Å². The number of ether oxygens (including phenoxy) is 1. The minimum Gasteiger partial charge on any atom is -0.508 e. The summed E-state index contributed by atoms with van der Waals surface area (Å²) in [6, 6.07) is 5.79. The largest absolute Gasteiger partial charge is 0.508 e. The Balaban J connectivity index is 1.79. The van der Waals surface area contributed by atoms with E-state index in [1.807, 2.05) is 13.0 Å². The number of terminal acetylenes is 1. The number of hydrogen-bond donors (Lipinski definition) is 2. The number of benzene rings is 1. The summed E-state index contributed by atoms with van der Waals surface area (Å²) in [5.41, 5.74) is 1.27. The predicted octanol–water partition coefficient (Wildman–Crippen LogP) is 3.63. The van der Waals surface area contributed by atoms with Crippen LogP contribution in [0.3, 0.4) is 0 Å². The standard InChI is InChI=1S/C22H28O3/c1-4-22(24)11-10-18-17-8-6-14-12-15(23)7-9-16(14)20(17)19(25-5-2)13-21(18,22)3/h1,7,9,12,17-20,23-24H,5-6,8,10-11,13H2,2-3H3/t17-,18-,19-,20+,21-,22-/m0/s1. The van der Waals surface area contributed by atoms with Crippen molar-refractivity contribution in [2.24, 2.45) is 17.3 Å². The first-order chi connectivity index (χ1) is 11.9. The summed E-state index contributed by atoms with van der Waals surface area (Å²) in [5.74, 6) is 4.32. The van der Waals surface area contributed by atoms with Crippen LogP contribution in [0.25, 0.3) is 0 Å². The van der Waals surface area contributed by atoms with Gasteiger partial charge in [-0.15, -0.1) is 6.42 Å². The molecule has 1 aromatic rings. The molecule has 3 heteroatoms. The van der Waals surface area contributed by atoms with Gasteiger partial charge in [0.15, 0.2) is 0 Å². The van der Waals surface area contributed by atoms with Crippen LogP contribution in [-0.2, 0) is 11.2 Å². The van der Waals surface area contributed by atoms with Gasteiger partial charge in [-0.2, -0.15) is 0 Å². The van der Waals surface area contributed by atoms with Gasteiger partial charge < -0.3 is 14.9 Å². The molecular weight excluding hydrogens is 312 g/mol. The summed E-state index contributed by atoms with van der Waals surface area (Å²) in [7, 11) is 0. The first-order valence-electron chi connectivity index (χ1n) is 9.57. The summed E-state index contributed by atoms with van der Waals surface area (Å²) in [6.45, 7) is 4.88. The SMILES string of the molecule is C#C[C@]1(O)CC[C@H]2[C@@H]3CCc4cc(O)ccc4[C@H]3[C@@H](OCC)C[C@@]21C. The number of aliphatic hydroxyl groups is 1. The molecule has 134 valence electrons. The smallest absolute Gasteiger partial charge is 0.130 e. The highest BCUT2D eigenvalue weighted by Gasteiger charge is 2.63. The monoisotopic (exact) mass is 340 g/mol. The molecule has 2 N–H and O–H groups in total. The molecule has 0 aromatic heterocycles. The summed E-state index contributed by atoms with van der Waals surface area (Å²) >= 11 is 0. The van der Waals surface area contributed by atoms with E-state index in [1.54, 1.807) is 6.07 Å². The highest BCUT2D eigenvalue weighted by molar-refractivity contribution is 5.41. The van der Waals surface area contributed by atoms with E-state index in [9.17, 15) is 10.2 Å². The van der Waals surface area contributed by atoms with Crippen molar-refractivity contribution in [2.45, 2.75) is 63.6 Å². The Morgan fingerprint density at radius 2 is 2.16 bits per heavy atom. The minimum atomic E-state index is -1.02. The fraction of sp³-hybridized carbons (Fsp3) is 0.636. The van der Waals surface area contributed by atoms with Crippen molar-refractivity contribution in [1.29, 1.82) is 0 Å². The Bertz CT molecular complexity index is 720. The van der Waals surface area contributed by atoms with E-state index in [1.165, 1.54) is 11.1 Å². The molecule has 4 rings (SSSR count). The van der Waals surface area contributed by atoms with Gasteiger partial charge in [0, 0.05) is 17.9 Å². The fourth-order valence-electron chi connectivity index (χ4n) is 6.23. The predicted molar refractivity (Wildman–Crippen MR) is 97.3 cm³/mol. The Labute approximate surface area is 150 Å². The first-order valence-corrected chi connectivity index (χ1v) is 9.57. The Hall–Kier alpha value is -1.50. The highest BCUT2D eigenvalue weighted by Crippen LogP contribution is 2.64. The van der Waals surface area contributed by atoms with Crippen molar-refractivity contribution in [2.75, 3.05) is 6.61 Å². The molecule has 0 amide bonds. The summed E-state index contributed by atoms with van der Waals surface area (Å²) in [6.07, 6.45) is 10.4. The second kappa shape index (κ2) is 5.76. The van der Waals surface area contributed by atoms with Crippen LogP contribution in [-0.4, -0.2) is 28.5 Å². The maximum atomic E-state index is 11.1. The van der Waals surface area contributed by atoms with Crippen molar-refractivity contribution in [1.82, 2.24) is 0 Å². The zero-order valence-electron chi connectivity index (χ0n) is 15.2. The molecule has 0 unspecified atom stereocenters. The highest BCUT2D eigenvalue weighted by atomic mass is 16.5. The zero-order valence-corrected chi connectivity index (χ0v) is 15.2. The molecule has 0 radical (unpaired) electrons. The van der Waals surface area contributed by atoms with Gasteiger partial charge in [-0.1, -0.05) is 18.9 Å². The zero-order chi connectivity index (χ0) is 17.8. The average Bonchev–Trinajstić information content (AvgIpc) is 2.86. The lowest BCUT2D eigenvalue weighted by Gasteiger charge is -2.55. The van der Waals surface area contributed by atoms with Crippen LogP contribution < -0.4 is 0 Å². The van der Waals surface area contributed by atoms with Crippen LogP contribution in [0.4, 0.5) is 0 Å². The Morgan fingerprint density at radius 3 is 2.88 bits per heavy atom. The number of rotatable bonds is 2. The van der Waals surface area contributed by atoms with Crippen molar-refractivity contribution in [3.63, 3.8) is 0 Å². The number of fused-ring (bicyclic) bond motifs is 5. The lowest BCUT2D eigenvalue weighted by molar-refractivity contribution is -0.124. The van der Waals surface area contributed by atoms with Gasteiger partial charge in [-0.05, 0) is 74.1 Å². The molecule has 0 aliphatic heterocycles. The van der Waals surface area contributed by atoms with E-state index in [-0.39, 0.29) is 11.5 Å². The molecule has 2 saturated carbocycles. The molecule has 0 saturated heterocycles. The van der Waals surface area contributed by atoms with E-state index in [4.69, 9.17) is 11.2 Å². The molecule has 0 spiro atoms. The summed E-state index contributed by atoms with van der Waals surface area (Å²) in [5, 5.41) is 21.0. The third-order valence-corrected chi connectivity index (χ3v) is 7.44. The lowest BCUT2D eigenvalue weighted by Crippen LogP contribution is -2.55. The van der Waals surface area contributed by atoms with E-state index in [0.29, 0.717) is 36.5 Å². The molecule has 25 heavy (non-hydrogen) atoms. The third kappa shape index (κ3) is 2.27. The van der Waals surface area contributed by atoms with Gasteiger partial charge >= 0.3 is 0 Å². The molecule has 3 aliphatic carbocycles. The quantitative estimate of drug-likeness (QED) is 0.808. The van der Waals surface area contributed by atoms with Gasteiger partial charge in [-0.3, -0.25) is 0 Å². The number of phenols is 1. The van der Waals surface area contributed by atoms with Crippen LogP contribution in [0.1, 0.15) is 56.6 Å². The van der Waals surface area contributed by atoms with Gasteiger partial charge in [0.2, 0.25) is 0 Å². The van der Waals surface area contributed by atoms with Crippen LogP contribution >= 0.6 is 0 Å². The molecule has 2 fully saturated rings. The molecule has 3 aliphatic rings. The molecule has 0 heterocycles. The fourth-order valence-corrected chi connectivity index (χ4v) is 6.23. The van der Waals surface area contributed by atoms with Crippen LogP contribution in [0.15, 0.2) is 18.2 Å². The molecule has 1 aromatic carbocycles. The summed E-state index contributed by atoms with van der Waals surface area (Å²) < 4.78 is 6.21. The van der Waals surface area contributed by atoms with Crippen LogP contribution in [0, 0.1) is 29.6 Å². The summed E-state index contributed by atoms with van der Waals surface area (Å²) in [4.78, 5) is 0. The molecule has 6 atom stereocenters. The van der Waals surface area contributed by atoms with E-state index in [0.717, 1.165) is 25.7 Å². The average molecular weight is 340 g/mol. The number of phenolic OH excluding ortho intramolecular Hbond substituents is 1. The maximum Gasteiger partial charge on any atom is 0.130 e. The third-order valence-electron chi connectivity index (χ3n) is 7.44. The topological polar surface area (TPSA) is 49.7 Å². The van der Waals surface area contributed by atoms with Gasteiger partial charge in [-0.25, -0.2) is 0 Å². The van der Waals surface area contributed by atoms with E-state index < -0.39 is 5.60 Å². The Kier molecular flexibility index (Phi) is 3.90. The van der Waals surface area contributed by atoms with Gasteiger partial charge in [0.1, 0.15) is 11.4 Å². The van der Waals surface area contributed by atoms with E-state index >= 15 is 0 Å². The second-order valence-electron chi connectivity index (χ2n) is 8.38. The van der Waals surface area contributed by atoms with Crippen LogP contribution in [0.2, 0.25) is 0 Å². The lowest BCUT2D eigenvalue weighted by atomic mass is 9.52. The second-order valence-corrected chi connectivity index (χ2v) is 8.38. The van der Waals surface area contributed by atoms with Gasteiger partial charge in [0.05, 0.1) is 6.10 Å². The first kappa shape index (κ1) is 16.9. The van der Waals surface area contributed by atoms with Gasteiger partial charge in [0.25, 0.3) is 0 Å². The normalized spacial score (nSPS) is 42.2. The van der Waals surface area contributed by atoms with Crippen molar-refractivity contribution in [3.05, 3.63) is 29.3 Å². The van der Waals surface area contributed by atoms with Crippen molar-refractivity contribution in [3.8, 4) is 18.1 Å². The molecule has 3 nitrogen and oxygen atoms in total. The molecule has 0 bridgehead atoms. The van der Waals surface area contributed by atoms with Crippen LogP contribution in [0.5, 0.6) is 5.75 Å². The number of hydrogen-bond acceptors (Lipinski definition) is 3. The Morgan fingerprint density at radius 1 is 1.36 bits per heavy atom. The number of aryl methyl sites for hydroxylation is 1.